The van der Waals surface area contributed by atoms with Gasteiger partial charge >= 0.3 is 0 Å². The van der Waals surface area contributed by atoms with Crippen LogP contribution in [0.4, 0.5) is 0 Å². The molecule has 0 aliphatic carbocycles. The van der Waals surface area contributed by atoms with Gasteiger partial charge in [-0.25, -0.2) is 13.1 Å². The summed E-state index contributed by atoms with van der Waals surface area (Å²) >= 11 is 0. The highest BCUT2D eigenvalue weighted by Crippen LogP contribution is 2.10. The van der Waals surface area contributed by atoms with Crippen molar-refractivity contribution in [1.82, 2.24) is 4.72 Å². The first-order chi connectivity index (χ1) is 7.53. The Kier molecular flexibility index (Phi) is 5.88. The molecule has 0 bridgehead atoms. The van der Waals surface area contributed by atoms with E-state index < -0.39 is 20.8 Å². The summed E-state index contributed by atoms with van der Waals surface area (Å²) in [5, 5.41) is 0. The first-order valence-electron chi connectivity index (χ1n) is 5.58. The van der Waals surface area contributed by atoms with Crippen LogP contribution in [-0.4, -0.2) is 42.5 Å². The molecule has 3 N–H and O–H groups in total. The van der Waals surface area contributed by atoms with E-state index in [1.54, 1.807) is 0 Å². The van der Waals surface area contributed by atoms with Crippen molar-refractivity contribution in [3.8, 4) is 0 Å². The fourth-order valence-electron chi connectivity index (χ4n) is 1.66. The van der Waals surface area contributed by atoms with Gasteiger partial charge in [0, 0.05) is 28.3 Å². The molecule has 0 amide bonds. The third-order valence-corrected chi connectivity index (χ3v) is 5.50. The lowest BCUT2D eigenvalue weighted by Crippen LogP contribution is -2.40. The van der Waals surface area contributed by atoms with Crippen molar-refractivity contribution >= 4 is 20.8 Å². The van der Waals surface area contributed by atoms with Gasteiger partial charge < -0.3 is 5.73 Å². The van der Waals surface area contributed by atoms with E-state index in [1.807, 2.05) is 0 Å². The highest BCUT2D eigenvalue weighted by Gasteiger charge is 2.22. The Morgan fingerprint density at radius 2 is 1.88 bits per heavy atom. The monoisotopic (exact) mass is 268 g/mol. The molecule has 7 heteroatoms. The molecule has 1 heterocycles. The van der Waals surface area contributed by atoms with Crippen molar-refractivity contribution in [3.05, 3.63) is 0 Å². The van der Waals surface area contributed by atoms with E-state index in [4.69, 9.17) is 5.73 Å². The predicted octanol–water partition coefficient (Wildman–Crippen LogP) is -0.444. The van der Waals surface area contributed by atoms with Crippen LogP contribution in [0.5, 0.6) is 0 Å². The molecular weight excluding hydrogens is 248 g/mol. The number of sulfonamides is 1. The van der Waals surface area contributed by atoms with Crippen LogP contribution in [-0.2, 0) is 20.8 Å². The molecule has 1 aliphatic rings. The summed E-state index contributed by atoms with van der Waals surface area (Å²) in [6.45, 7) is 0.526. The van der Waals surface area contributed by atoms with Gasteiger partial charge in [-0.05, 0) is 32.2 Å². The third-order valence-electron chi connectivity index (χ3n) is 2.60. The lowest BCUT2D eigenvalue weighted by atomic mass is 10.2. The molecule has 0 radical (unpaired) electrons. The van der Waals surface area contributed by atoms with Crippen molar-refractivity contribution < 1.29 is 12.6 Å². The van der Waals surface area contributed by atoms with Crippen LogP contribution < -0.4 is 10.5 Å². The normalized spacial score (nSPS) is 26.8. The average molecular weight is 268 g/mol. The minimum atomic E-state index is -3.18. The van der Waals surface area contributed by atoms with Gasteiger partial charge in [-0.3, -0.25) is 4.21 Å². The van der Waals surface area contributed by atoms with Crippen molar-refractivity contribution in [2.75, 3.05) is 23.8 Å². The van der Waals surface area contributed by atoms with Gasteiger partial charge in [0.2, 0.25) is 10.0 Å². The number of nitrogens with two attached hydrogens (primary N) is 1. The number of nitrogens with one attached hydrogen (secondary N) is 1. The number of hydrogen-bond donors (Lipinski definition) is 2. The standard InChI is InChI=1S/C9H20N2O3S2/c10-5-1-2-8-16(13,14)11-9-3-6-15(12)7-4-9/h9,11H,1-8,10H2. The van der Waals surface area contributed by atoms with Crippen molar-refractivity contribution in [3.63, 3.8) is 0 Å². The highest BCUT2D eigenvalue weighted by molar-refractivity contribution is 7.89. The smallest absolute Gasteiger partial charge is 0.211 e. The molecule has 1 saturated heterocycles. The largest absolute Gasteiger partial charge is 0.330 e. The number of unbranched alkanes of at least 4 members (excludes halogenated alkanes) is 1. The fraction of sp³-hybridized carbons (Fsp3) is 1.00. The molecule has 5 nitrogen and oxygen atoms in total. The van der Waals surface area contributed by atoms with E-state index in [2.05, 4.69) is 4.72 Å². The molecule has 0 unspecified atom stereocenters. The Balaban J connectivity index is 2.32. The van der Waals surface area contributed by atoms with Crippen LogP contribution in [0.25, 0.3) is 0 Å². The predicted molar refractivity (Wildman–Crippen MR) is 66.1 cm³/mol. The quantitative estimate of drug-likeness (QED) is 0.639. The molecule has 0 aromatic carbocycles. The summed E-state index contributed by atoms with van der Waals surface area (Å²) in [4.78, 5) is 0. The van der Waals surface area contributed by atoms with Crippen LogP contribution in [0.1, 0.15) is 25.7 Å². The molecular formula is C9H20N2O3S2. The van der Waals surface area contributed by atoms with E-state index >= 15 is 0 Å². The summed E-state index contributed by atoms with van der Waals surface area (Å²) in [6, 6.07) is -0.0272. The van der Waals surface area contributed by atoms with Gasteiger partial charge in [-0.1, -0.05) is 0 Å². The van der Waals surface area contributed by atoms with Crippen LogP contribution in [0.2, 0.25) is 0 Å². The summed E-state index contributed by atoms with van der Waals surface area (Å²) < 4.78 is 37.0. The van der Waals surface area contributed by atoms with E-state index in [-0.39, 0.29) is 11.8 Å². The lowest BCUT2D eigenvalue weighted by molar-refractivity contribution is 0.520. The molecule has 1 fully saturated rings. The Morgan fingerprint density at radius 3 is 2.44 bits per heavy atom. The zero-order valence-electron chi connectivity index (χ0n) is 9.35. The lowest BCUT2D eigenvalue weighted by Gasteiger charge is -2.22. The van der Waals surface area contributed by atoms with Gasteiger partial charge in [0.05, 0.1) is 5.75 Å². The Hall–Kier alpha value is 0.0200. The molecule has 16 heavy (non-hydrogen) atoms. The van der Waals surface area contributed by atoms with Crippen LogP contribution in [0, 0.1) is 0 Å². The van der Waals surface area contributed by atoms with Crippen LogP contribution >= 0.6 is 0 Å². The molecule has 0 saturated carbocycles. The first kappa shape index (κ1) is 14.1. The maximum Gasteiger partial charge on any atom is 0.211 e. The average Bonchev–Trinajstić information content (AvgIpc) is 2.21. The van der Waals surface area contributed by atoms with Gasteiger partial charge in [-0.15, -0.1) is 0 Å². The van der Waals surface area contributed by atoms with Crippen LogP contribution in [0.15, 0.2) is 0 Å². The minimum absolute atomic E-state index is 0.0272. The minimum Gasteiger partial charge on any atom is -0.330 e. The van der Waals surface area contributed by atoms with Crippen LogP contribution in [0.3, 0.4) is 0 Å². The summed E-state index contributed by atoms with van der Waals surface area (Å²) in [5.41, 5.74) is 5.31. The zero-order chi connectivity index (χ0) is 12.0. The van der Waals surface area contributed by atoms with Crippen molar-refractivity contribution in [1.29, 1.82) is 0 Å². The molecule has 0 atom stereocenters. The maximum atomic E-state index is 11.6. The van der Waals surface area contributed by atoms with Gasteiger partial charge in [0.15, 0.2) is 0 Å². The molecule has 1 rings (SSSR count). The molecule has 0 spiro atoms. The van der Waals surface area contributed by atoms with E-state index in [0.717, 1.165) is 6.42 Å². The first-order valence-corrected chi connectivity index (χ1v) is 8.72. The number of hydrogen-bond acceptors (Lipinski definition) is 4. The summed E-state index contributed by atoms with van der Waals surface area (Å²) in [5.74, 6) is 1.36. The highest BCUT2D eigenvalue weighted by atomic mass is 32.2. The Bertz CT molecular complexity index is 320. The molecule has 0 aromatic heterocycles. The summed E-state index contributed by atoms with van der Waals surface area (Å²) in [7, 11) is -3.92. The second-order valence-corrected chi connectivity index (χ2v) is 7.62. The van der Waals surface area contributed by atoms with E-state index in [0.29, 0.717) is 37.3 Å². The van der Waals surface area contributed by atoms with E-state index in [9.17, 15) is 12.6 Å². The van der Waals surface area contributed by atoms with Crippen molar-refractivity contribution in [2.24, 2.45) is 5.73 Å². The van der Waals surface area contributed by atoms with Crippen molar-refractivity contribution in [2.45, 2.75) is 31.7 Å². The number of rotatable bonds is 6. The molecule has 1 aliphatic heterocycles. The maximum absolute atomic E-state index is 11.6. The van der Waals surface area contributed by atoms with Gasteiger partial charge in [-0.2, -0.15) is 0 Å². The Labute approximate surface area is 99.7 Å². The second kappa shape index (κ2) is 6.68. The fourth-order valence-corrected chi connectivity index (χ4v) is 4.41. The zero-order valence-corrected chi connectivity index (χ0v) is 11.0. The third kappa shape index (κ3) is 5.38. The second-order valence-electron chi connectivity index (χ2n) is 4.05. The summed E-state index contributed by atoms with van der Waals surface area (Å²) in [6.07, 6.45) is 2.70. The molecule has 0 aromatic rings. The van der Waals surface area contributed by atoms with E-state index in [1.165, 1.54) is 0 Å². The molecule has 96 valence electrons. The SMILES string of the molecule is NCCCCS(=O)(=O)NC1CCS(=O)CC1. The topological polar surface area (TPSA) is 89.3 Å². The Morgan fingerprint density at radius 1 is 1.25 bits per heavy atom. The van der Waals surface area contributed by atoms with Gasteiger partial charge in [0.25, 0.3) is 0 Å². The van der Waals surface area contributed by atoms with Gasteiger partial charge in [0.1, 0.15) is 0 Å².